The number of carbonyl (C=O) groups excluding carboxylic acids is 2. The summed E-state index contributed by atoms with van der Waals surface area (Å²) in [5.74, 6) is 1.32. The van der Waals surface area contributed by atoms with Gasteiger partial charge < -0.3 is 15.0 Å². The minimum Gasteiger partial charge on any atom is -0.457 e. The molecule has 1 heterocycles. The second-order valence-corrected chi connectivity index (χ2v) is 12.5. The highest BCUT2D eigenvalue weighted by atomic mass is 32.2. The van der Waals surface area contributed by atoms with E-state index in [-0.39, 0.29) is 17.9 Å². The fourth-order valence-electron chi connectivity index (χ4n) is 5.01. The summed E-state index contributed by atoms with van der Waals surface area (Å²) in [4.78, 5) is 29.2. The first-order valence-electron chi connectivity index (χ1n) is 14.4. The van der Waals surface area contributed by atoms with E-state index in [1.807, 2.05) is 17.0 Å². The summed E-state index contributed by atoms with van der Waals surface area (Å²) in [5.41, 5.74) is 2.99. The van der Waals surface area contributed by atoms with Crippen molar-refractivity contribution in [3.05, 3.63) is 83.9 Å². The zero-order valence-electron chi connectivity index (χ0n) is 24.5. The minimum atomic E-state index is -3.32. The van der Waals surface area contributed by atoms with Gasteiger partial charge in [-0.25, -0.2) is 13.2 Å². The Balaban J connectivity index is 1.27. The number of benzene rings is 3. The lowest BCUT2D eigenvalue weighted by atomic mass is 10.0. The zero-order chi connectivity index (χ0) is 30.1. The van der Waals surface area contributed by atoms with Crippen molar-refractivity contribution in [3.63, 3.8) is 0 Å². The summed E-state index contributed by atoms with van der Waals surface area (Å²) in [6, 6.07) is 21.9. The average molecular weight is 593 g/mol. The molecule has 9 nitrogen and oxygen atoms in total. The number of urea groups is 1. The molecule has 2 N–H and O–H groups in total. The lowest BCUT2D eigenvalue weighted by Gasteiger charge is -2.38. The summed E-state index contributed by atoms with van der Waals surface area (Å²) in [7, 11) is -3.32. The van der Waals surface area contributed by atoms with Gasteiger partial charge in [-0.15, -0.1) is 0 Å². The molecule has 3 aromatic rings. The fraction of sp³-hybridized carbons (Fsp3) is 0.375. The van der Waals surface area contributed by atoms with Gasteiger partial charge in [0.1, 0.15) is 11.5 Å². The van der Waals surface area contributed by atoms with Crippen LogP contribution in [0.4, 0.5) is 16.2 Å². The Kier molecular flexibility index (Phi) is 10.6. The lowest BCUT2D eigenvalue weighted by molar-refractivity contribution is 0.101. The molecular weight excluding hydrogens is 552 g/mol. The maximum absolute atomic E-state index is 13.2. The Labute approximate surface area is 248 Å². The van der Waals surface area contributed by atoms with Crippen LogP contribution >= 0.6 is 0 Å². The molecule has 1 aliphatic rings. The molecule has 224 valence electrons. The molecule has 3 aromatic carbocycles. The number of unbranched alkanes of at least 4 members (excludes halogenated alkanes) is 1. The predicted molar refractivity (Wildman–Crippen MR) is 167 cm³/mol. The van der Waals surface area contributed by atoms with Crippen LogP contribution < -0.4 is 14.8 Å². The van der Waals surface area contributed by atoms with Crippen molar-refractivity contribution in [2.24, 2.45) is 0 Å². The lowest BCUT2D eigenvalue weighted by Crippen LogP contribution is -2.49. The van der Waals surface area contributed by atoms with E-state index >= 15 is 0 Å². The van der Waals surface area contributed by atoms with E-state index in [9.17, 15) is 18.0 Å². The number of amides is 2. The SMILES string of the molecule is CCCCN(C(=O)Nc1ccc(C(C)=O)cc1)C1CCN(Cc2ccc(Oc3ccc(NS(C)(=O)=O)cc3)cc2)CC1. The first-order chi connectivity index (χ1) is 20.1. The second kappa shape index (κ2) is 14.3. The highest BCUT2D eigenvalue weighted by Gasteiger charge is 2.28. The van der Waals surface area contributed by atoms with Crippen LogP contribution in [0.1, 0.15) is 55.5 Å². The molecule has 0 radical (unpaired) electrons. The molecule has 0 aromatic heterocycles. The largest absolute Gasteiger partial charge is 0.457 e. The molecule has 10 heteroatoms. The third kappa shape index (κ3) is 9.32. The van der Waals surface area contributed by atoms with Crippen LogP contribution in [0.3, 0.4) is 0 Å². The predicted octanol–water partition coefficient (Wildman–Crippen LogP) is 6.35. The minimum absolute atomic E-state index is 0.00195. The Morgan fingerprint density at radius 2 is 1.48 bits per heavy atom. The summed E-state index contributed by atoms with van der Waals surface area (Å²) in [5, 5.41) is 3.02. The number of ketones is 1. The molecule has 4 rings (SSSR count). The maximum atomic E-state index is 13.2. The van der Waals surface area contributed by atoms with Gasteiger partial charge in [-0.05, 0) is 92.4 Å². The molecule has 2 amide bonds. The molecule has 0 bridgehead atoms. The molecule has 1 fully saturated rings. The first kappa shape index (κ1) is 31.1. The Bertz CT molecular complexity index is 1430. The van der Waals surface area contributed by atoms with Crippen molar-refractivity contribution in [1.29, 1.82) is 0 Å². The van der Waals surface area contributed by atoms with Gasteiger partial charge in [-0.2, -0.15) is 0 Å². The van der Waals surface area contributed by atoms with E-state index in [1.165, 1.54) is 12.5 Å². The van der Waals surface area contributed by atoms with Gasteiger partial charge >= 0.3 is 6.03 Å². The van der Waals surface area contributed by atoms with Crippen LogP contribution in [-0.4, -0.2) is 62.0 Å². The van der Waals surface area contributed by atoms with Crippen LogP contribution in [0.5, 0.6) is 11.5 Å². The number of Topliss-reactive ketones (excluding diaryl/α,β-unsaturated/α-hetero) is 1. The van der Waals surface area contributed by atoms with Crippen LogP contribution in [-0.2, 0) is 16.6 Å². The van der Waals surface area contributed by atoms with E-state index in [4.69, 9.17) is 4.74 Å². The van der Waals surface area contributed by atoms with Crippen molar-refractivity contribution in [2.75, 3.05) is 35.9 Å². The van der Waals surface area contributed by atoms with Crippen LogP contribution in [0.15, 0.2) is 72.8 Å². The van der Waals surface area contributed by atoms with E-state index in [1.54, 1.807) is 48.5 Å². The molecule has 0 aliphatic carbocycles. The monoisotopic (exact) mass is 592 g/mol. The molecule has 1 aliphatic heterocycles. The van der Waals surface area contributed by atoms with Crippen LogP contribution in [0.2, 0.25) is 0 Å². The number of carbonyl (C=O) groups is 2. The number of likely N-dealkylation sites (tertiary alicyclic amines) is 1. The van der Waals surface area contributed by atoms with Gasteiger partial charge in [0, 0.05) is 49.2 Å². The number of ether oxygens (including phenoxy) is 1. The van der Waals surface area contributed by atoms with E-state index in [0.717, 1.165) is 58.1 Å². The smallest absolute Gasteiger partial charge is 0.322 e. The number of rotatable bonds is 12. The highest BCUT2D eigenvalue weighted by molar-refractivity contribution is 7.92. The van der Waals surface area contributed by atoms with Crippen molar-refractivity contribution >= 4 is 33.2 Å². The molecule has 42 heavy (non-hydrogen) atoms. The third-order valence-electron chi connectivity index (χ3n) is 7.28. The van der Waals surface area contributed by atoms with E-state index in [2.05, 4.69) is 34.0 Å². The second-order valence-electron chi connectivity index (χ2n) is 10.8. The summed E-state index contributed by atoms with van der Waals surface area (Å²) in [6.45, 7) is 7.01. The summed E-state index contributed by atoms with van der Waals surface area (Å²) < 4.78 is 31.1. The van der Waals surface area contributed by atoms with Crippen molar-refractivity contribution < 1.29 is 22.7 Å². The van der Waals surface area contributed by atoms with Gasteiger partial charge in [-0.1, -0.05) is 25.5 Å². The number of hydrogen-bond acceptors (Lipinski definition) is 6. The number of piperidine rings is 1. The van der Waals surface area contributed by atoms with Gasteiger partial charge in [-0.3, -0.25) is 14.4 Å². The number of nitrogens with one attached hydrogen (secondary N) is 2. The Hall–Kier alpha value is -3.89. The van der Waals surface area contributed by atoms with Crippen LogP contribution in [0.25, 0.3) is 0 Å². The molecule has 0 atom stereocenters. The maximum Gasteiger partial charge on any atom is 0.322 e. The first-order valence-corrected chi connectivity index (χ1v) is 16.2. The van der Waals surface area contributed by atoms with Gasteiger partial charge in [0.25, 0.3) is 0 Å². The molecule has 0 spiro atoms. The molecule has 0 unspecified atom stereocenters. The quantitative estimate of drug-likeness (QED) is 0.237. The van der Waals surface area contributed by atoms with E-state index < -0.39 is 10.0 Å². The van der Waals surface area contributed by atoms with E-state index in [0.29, 0.717) is 28.4 Å². The average Bonchev–Trinajstić information content (AvgIpc) is 2.96. The number of hydrogen-bond donors (Lipinski definition) is 2. The van der Waals surface area contributed by atoms with Gasteiger partial charge in [0.2, 0.25) is 10.0 Å². The number of anilines is 2. The Morgan fingerprint density at radius 1 is 0.905 bits per heavy atom. The number of nitrogens with zero attached hydrogens (tertiary/aromatic N) is 2. The van der Waals surface area contributed by atoms with Crippen molar-refractivity contribution in [1.82, 2.24) is 9.80 Å². The Morgan fingerprint density at radius 3 is 2.02 bits per heavy atom. The number of sulfonamides is 1. The topological polar surface area (TPSA) is 108 Å². The van der Waals surface area contributed by atoms with Crippen LogP contribution in [0, 0.1) is 0 Å². The third-order valence-corrected chi connectivity index (χ3v) is 7.88. The standard InChI is InChI=1S/C32H40N4O5S/c1-4-5-20-36(32(38)33-27-10-8-26(9-11-27)24(2)37)29-18-21-35(22-19-29)23-25-6-14-30(15-7-25)41-31-16-12-28(13-17-31)34-42(3,39)40/h6-17,29,34H,4-5,18-23H2,1-3H3,(H,33,38). The summed E-state index contributed by atoms with van der Waals surface area (Å²) in [6.07, 6.45) is 4.90. The molecule has 1 saturated heterocycles. The molecule has 0 saturated carbocycles. The fourth-order valence-corrected chi connectivity index (χ4v) is 5.58. The van der Waals surface area contributed by atoms with Gasteiger partial charge in [0.05, 0.1) is 6.26 Å². The molecular formula is C32H40N4O5S. The normalized spacial score (nSPS) is 14.3. The van der Waals surface area contributed by atoms with Gasteiger partial charge in [0.15, 0.2) is 5.78 Å². The van der Waals surface area contributed by atoms with Crippen molar-refractivity contribution in [2.45, 2.75) is 52.1 Å². The highest BCUT2D eigenvalue weighted by Crippen LogP contribution is 2.25. The van der Waals surface area contributed by atoms with Crippen molar-refractivity contribution in [3.8, 4) is 11.5 Å². The summed E-state index contributed by atoms with van der Waals surface area (Å²) >= 11 is 0. The zero-order valence-corrected chi connectivity index (χ0v) is 25.3.